The van der Waals surface area contributed by atoms with Crippen molar-refractivity contribution in [3.63, 3.8) is 0 Å². The number of thioether (sulfide) groups is 1. The van der Waals surface area contributed by atoms with Crippen molar-refractivity contribution in [3.8, 4) is 0 Å². The van der Waals surface area contributed by atoms with Gasteiger partial charge in [-0.15, -0.1) is 0 Å². The molecule has 1 N–H and O–H groups in total. The quantitative estimate of drug-likeness (QED) is 0.738. The van der Waals surface area contributed by atoms with Crippen molar-refractivity contribution in [2.45, 2.75) is 45.0 Å². The van der Waals surface area contributed by atoms with Crippen LogP contribution in [-0.4, -0.2) is 35.7 Å². The fraction of sp³-hybridized carbons (Fsp3) is 0.909. The second kappa shape index (κ2) is 5.75. The molecule has 0 aliphatic rings. The number of nitrogens with one attached hydrogen (secondary N) is 1. The first kappa shape index (κ1) is 14.8. The highest BCUT2D eigenvalue weighted by Crippen LogP contribution is 2.19. The third kappa shape index (κ3) is 8.75. The third-order valence-electron chi connectivity index (χ3n) is 1.79. The van der Waals surface area contributed by atoms with Gasteiger partial charge in [-0.25, -0.2) is 0 Å². The lowest BCUT2D eigenvalue weighted by Gasteiger charge is -2.23. The zero-order valence-corrected chi connectivity index (χ0v) is 11.5. The van der Waals surface area contributed by atoms with Gasteiger partial charge >= 0.3 is 5.97 Å². The van der Waals surface area contributed by atoms with Gasteiger partial charge in [0.05, 0.1) is 6.54 Å². The van der Waals surface area contributed by atoms with Gasteiger partial charge in [-0.05, 0) is 40.9 Å². The Morgan fingerprint density at radius 2 is 1.80 bits per heavy atom. The predicted octanol–water partition coefficient (Wildman–Crippen LogP) is 2.06. The number of hydrogen-bond donors (Lipinski definition) is 1. The maximum absolute atomic E-state index is 11.3. The summed E-state index contributed by atoms with van der Waals surface area (Å²) in [6.07, 6.45) is 2.06. The molecule has 0 heterocycles. The molecule has 0 rings (SSSR count). The average Bonchev–Trinajstić information content (AvgIpc) is 2.00. The molecular formula is C11H23NO2S. The van der Waals surface area contributed by atoms with Gasteiger partial charge in [0.15, 0.2) is 0 Å². The fourth-order valence-electron chi connectivity index (χ4n) is 0.915. The first-order valence-electron chi connectivity index (χ1n) is 5.14. The van der Waals surface area contributed by atoms with Crippen LogP contribution >= 0.6 is 11.8 Å². The second-order valence-corrected chi connectivity index (χ2v) is 6.67. The first-order chi connectivity index (χ1) is 6.66. The number of hydrogen-bond acceptors (Lipinski definition) is 4. The monoisotopic (exact) mass is 233 g/mol. The van der Waals surface area contributed by atoms with E-state index < -0.39 is 5.60 Å². The lowest BCUT2D eigenvalue weighted by molar-refractivity contribution is -0.153. The van der Waals surface area contributed by atoms with Crippen molar-refractivity contribution < 1.29 is 9.53 Å². The van der Waals surface area contributed by atoms with Gasteiger partial charge in [0.1, 0.15) is 5.60 Å². The molecule has 0 saturated carbocycles. The van der Waals surface area contributed by atoms with E-state index in [9.17, 15) is 4.79 Å². The van der Waals surface area contributed by atoms with Crippen LogP contribution in [0.15, 0.2) is 0 Å². The van der Waals surface area contributed by atoms with Crippen LogP contribution in [0, 0.1) is 0 Å². The molecular weight excluding hydrogens is 210 g/mol. The molecule has 0 aromatic heterocycles. The predicted molar refractivity (Wildman–Crippen MR) is 66.3 cm³/mol. The van der Waals surface area contributed by atoms with Gasteiger partial charge in [0, 0.05) is 11.3 Å². The van der Waals surface area contributed by atoms with E-state index in [-0.39, 0.29) is 17.3 Å². The summed E-state index contributed by atoms with van der Waals surface area (Å²) in [6, 6.07) is 0. The summed E-state index contributed by atoms with van der Waals surface area (Å²) in [5.41, 5.74) is -0.395. The van der Waals surface area contributed by atoms with Crippen LogP contribution < -0.4 is 5.32 Å². The molecule has 0 bridgehead atoms. The largest absolute Gasteiger partial charge is 0.459 e. The molecule has 0 fully saturated rings. The summed E-state index contributed by atoms with van der Waals surface area (Å²) in [5, 5.41) is 3.10. The van der Waals surface area contributed by atoms with Crippen LogP contribution in [0.3, 0.4) is 0 Å². The number of carbonyl (C=O) groups is 1. The molecule has 0 atom stereocenters. The normalized spacial score (nSPS) is 12.7. The molecule has 4 heteroatoms. The molecule has 0 spiro atoms. The minimum Gasteiger partial charge on any atom is -0.459 e. The van der Waals surface area contributed by atoms with E-state index in [1.54, 1.807) is 11.8 Å². The molecule has 90 valence electrons. The van der Waals surface area contributed by atoms with Gasteiger partial charge in [0.2, 0.25) is 0 Å². The number of ether oxygens (including phenoxy) is 1. The van der Waals surface area contributed by atoms with Crippen molar-refractivity contribution in [1.82, 2.24) is 5.32 Å². The molecule has 0 amide bonds. The third-order valence-corrected chi connectivity index (χ3v) is 3.04. The standard InChI is InChI=1S/C11H23NO2S/c1-10(2,3)14-9(13)7-12-8-11(4,5)15-6/h12H,7-8H2,1-6H3. The summed E-state index contributed by atoms with van der Waals surface area (Å²) >= 11 is 1.78. The molecule has 0 aliphatic carbocycles. The molecule has 0 aromatic carbocycles. The Labute approximate surface area is 97.3 Å². The van der Waals surface area contributed by atoms with E-state index in [2.05, 4.69) is 25.4 Å². The summed E-state index contributed by atoms with van der Waals surface area (Å²) < 4.78 is 5.33. The zero-order chi connectivity index (χ0) is 12.1. The lowest BCUT2D eigenvalue weighted by Crippen LogP contribution is -2.37. The van der Waals surface area contributed by atoms with Crippen molar-refractivity contribution in [1.29, 1.82) is 0 Å². The van der Waals surface area contributed by atoms with Crippen molar-refractivity contribution >= 4 is 17.7 Å². The van der Waals surface area contributed by atoms with E-state index >= 15 is 0 Å². The Kier molecular flexibility index (Phi) is 5.67. The van der Waals surface area contributed by atoms with Crippen LogP contribution in [0.1, 0.15) is 34.6 Å². The second-order valence-electron chi connectivity index (χ2n) is 5.15. The molecule has 0 radical (unpaired) electrons. The Hall–Kier alpha value is -0.220. The Morgan fingerprint density at radius 3 is 2.20 bits per heavy atom. The maximum atomic E-state index is 11.3. The van der Waals surface area contributed by atoms with Crippen LogP contribution in [0.25, 0.3) is 0 Å². The van der Waals surface area contributed by atoms with E-state index in [0.717, 1.165) is 6.54 Å². The molecule has 15 heavy (non-hydrogen) atoms. The molecule has 0 saturated heterocycles. The van der Waals surface area contributed by atoms with Gasteiger partial charge < -0.3 is 10.1 Å². The summed E-state index contributed by atoms with van der Waals surface area (Å²) in [6.45, 7) is 11.0. The topological polar surface area (TPSA) is 38.3 Å². The first-order valence-corrected chi connectivity index (χ1v) is 6.36. The van der Waals surface area contributed by atoms with Crippen LogP contribution in [-0.2, 0) is 9.53 Å². The average molecular weight is 233 g/mol. The number of rotatable bonds is 5. The van der Waals surface area contributed by atoms with Crippen molar-refractivity contribution in [3.05, 3.63) is 0 Å². The molecule has 0 aromatic rings. The van der Waals surface area contributed by atoms with Gasteiger partial charge in [-0.1, -0.05) is 0 Å². The van der Waals surface area contributed by atoms with Crippen LogP contribution in [0.2, 0.25) is 0 Å². The summed E-state index contributed by atoms with van der Waals surface area (Å²) in [4.78, 5) is 11.3. The molecule has 0 aliphatic heterocycles. The highest BCUT2D eigenvalue weighted by molar-refractivity contribution is 7.99. The van der Waals surface area contributed by atoms with E-state index in [1.807, 2.05) is 20.8 Å². The van der Waals surface area contributed by atoms with Crippen LogP contribution in [0.5, 0.6) is 0 Å². The van der Waals surface area contributed by atoms with E-state index in [4.69, 9.17) is 4.74 Å². The van der Waals surface area contributed by atoms with Gasteiger partial charge in [-0.3, -0.25) is 4.79 Å². The maximum Gasteiger partial charge on any atom is 0.320 e. The fourth-order valence-corrected chi connectivity index (χ4v) is 1.16. The SMILES string of the molecule is CSC(C)(C)CNCC(=O)OC(C)(C)C. The smallest absolute Gasteiger partial charge is 0.320 e. The minimum absolute atomic E-state index is 0.155. The van der Waals surface area contributed by atoms with Crippen molar-refractivity contribution in [2.75, 3.05) is 19.3 Å². The summed E-state index contributed by atoms with van der Waals surface area (Å²) in [7, 11) is 0. The zero-order valence-electron chi connectivity index (χ0n) is 10.6. The van der Waals surface area contributed by atoms with Crippen LogP contribution in [0.4, 0.5) is 0 Å². The minimum atomic E-state index is -0.395. The lowest BCUT2D eigenvalue weighted by atomic mass is 10.2. The molecule has 3 nitrogen and oxygen atoms in total. The summed E-state index contributed by atoms with van der Waals surface area (Å²) in [5.74, 6) is -0.195. The van der Waals surface area contributed by atoms with Gasteiger partial charge in [-0.2, -0.15) is 11.8 Å². The number of carbonyl (C=O) groups excluding carboxylic acids is 1. The van der Waals surface area contributed by atoms with Gasteiger partial charge in [0.25, 0.3) is 0 Å². The Balaban J connectivity index is 3.74. The van der Waals surface area contributed by atoms with Crippen molar-refractivity contribution in [2.24, 2.45) is 0 Å². The van der Waals surface area contributed by atoms with E-state index in [1.165, 1.54) is 0 Å². The Bertz CT molecular complexity index is 209. The highest BCUT2D eigenvalue weighted by Gasteiger charge is 2.18. The van der Waals surface area contributed by atoms with E-state index in [0.29, 0.717) is 0 Å². The highest BCUT2D eigenvalue weighted by atomic mass is 32.2. The Morgan fingerprint density at radius 1 is 1.27 bits per heavy atom. The number of esters is 1. The molecule has 0 unspecified atom stereocenters.